The van der Waals surface area contributed by atoms with Gasteiger partial charge in [-0.05, 0) is 34.1 Å². The molecule has 6 nitrogen and oxygen atoms in total. The number of pyridine rings is 1. The predicted octanol–water partition coefficient (Wildman–Crippen LogP) is 4.38. The van der Waals surface area contributed by atoms with Gasteiger partial charge in [0, 0.05) is 10.5 Å². The van der Waals surface area contributed by atoms with E-state index in [4.69, 9.17) is 28.9 Å². The molecule has 1 aromatic heterocycles. The first-order valence-electron chi connectivity index (χ1n) is 5.21. The molecule has 2 rings (SSSR count). The summed E-state index contributed by atoms with van der Waals surface area (Å²) in [6.07, 6.45) is 0. The van der Waals surface area contributed by atoms with Gasteiger partial charge in [0.2, 0.25) is 5.82 Å². The van der Waals surface area contributed by atoms with Crippen molar-refractivity contribution in [3.8, 4) is 0 Å². The number of hydrogen-bond acceptors (Lipinski definition) is 5. The second kappa shape index (κ2) is 5.82. The summed E-state index contributed by atoms with van der Waals surface area (Å²) in [7, 11) is 0. The van der Waals surface area contributed by atoms with Gasteiger partial charge in [0.25, 0.3) is 0 Å². The Labute approximate surface area is 132 Å². The van der Waals surface area contributed by atoms with Crippen molar-refractivity contribution in [2.75, 3.05) is 11.1 Å². The van der Waals surface area contributed by atoms with E-state index >= 15 is 0 Å². The monoisotopic (exact) mass is 376 g/mol. The third-order valence-corrected chi connectivity index (χ3v) is 4.15. The van der Waals surface area contributed by atoms with Crippen LogP contribution in [-0.4, -0.2) is 9.91 Å². The highest BCUT2D eigenvalue weighted by molar-refractivity contribution is 9.10. The van der Waals surface area contributed by atoms with Gasteiger partial charge in [0.15, 0.2) is 0 Å². The Bertz CT molecular complexity index is 696. The quantitative estimate of drug-likeness (QED) is 0.470. The molecule has 0 atom stereocenters. The van der Waals surface area contributed by atoms with Gasteiger partial charge >= 0.3 is 5.69 Å². The number of aromatic nitrogens is 1. The van der Waals surface area contributed by atoms with E-state index in [9.17, 15) is 10.1 Å². The summed E-state index contributed by atoms with van der Waals surface area (Å²) < 4.78 is 0.616. The average Bonchev–Trinajstić information content (AvgIpc) is 2.39. The number of nitrogens with two attached hydrogens (primary N) is 1. The van der Waals surface area contributed by atoms with Gasteiger partial charge in [-0.15, -0.1) is 0 Å². The zero-order valence-corrected chi connectivity index (χ0v) is 12.8. The number of halogens is 3. The smallest absolute Gasteiger partial charge is 0.311 e. The van der Waals surface area contributed by atoms with E-state index < -0.39 is 4.92 Å². The van der Waals surface area contributed by atoms with Gasteiger partial charge in [0.1, 0.15) is 5.82 Å². The molecule has 20 heavy (non-hydrogen) atoms. The Morgan fingerprint density at radius 3 is 2.60 bits per heavy atom. The van der Waals surface area contributed by atoms with Crippen LogP contribution in [0.1, 0.15) is 0 Å². The Morgan fingerprint density at radius 2 is 1.95 bits per heavy atom. The van der Waals surface area contributed by atoms with Gasteiger partial charge in [-0.1, -0.05) is 23.2 Å². The molecular formula is C11H7BrCl2N4O2. The number of hydrogen-bond donors (Lipinski definition) is 2. The third kappa shape index (κ3) is 2.95. The maximum atomic E-state index is 10.9. The van der Waals surface area contributed by atoms with Crippen LogP contribution in [0.5, 0.6) is 0 Å². The van der Waals surface area contributed by atoms with Gasteiger partial charge in [-0.2, -0.15) is 0 Å². The highest BCUT2D eigenvalue weighted by atomic mass is 79.9. The molecule has 3 N–H and O–H groups in total. The highest BCUT2D eigenvalue weighted by Crippen LogP contribution is 2.38. The molecule has 1 heterocycles. The highest BCUT2D eigenvalue weighted by Gasteiger charge is 2.17. The average molecular weight is 378 g/mol. The number of nitrogens with zero attached hydrogens (tertiary/aromatic N) is 2. The minimum Gasteiger partial charge on any atom is -0.384 e. The fourth-order valence-corrected chi connectivity index (χ4v) is 2.28. The molecule has 0 saturated heterocycles. The first kappa shape index (κ1) is 14.8. The lowest BCUT2D eigenvalue weighted by Crippen LogP contribution is -2.02. The van der Waals surface area contributed by atoms with Crippen molar-refractivity contribution in [3.05, 3.63) is 48.9 Å². The Balaban J connectivity index is 2.47. The Kier molecular flexibility index (Phi) is 4.32. The van der Waals surface area contributed by atoms with Gasteiger partial charge in [0.05, 0.1) is 20.7 Å². The molecule has 0 saturated carbocycles. The topological polar surface area (TPSA) is 94.1 Å². The molecule has 0 fully saturated rings. The predicted molar refractivity (Wildman–Crippen MR) is 82.7 cm³/mol. The molecule has 0 aliphatic heterocycles. The zero-order chi connectivity index (χ0) is 14.9. The Hall–Kier alpha value is -1.57. The summed E-state index contributed by atoms with van der Waals surface area (Å²) in [4.78, 5) is 14.3. The summed E-state index contributed by atoms with van der Waals surface area (Å²) in [5.74, 6) is 0.146. The van der Waals surface area contributed by atoms with E-state index in [1.165, 1.54) is 12.1 Å². The van der Waals surface area contributed by atoms with E-state index in [0.717, 1.165) is 0 Å². The van der Waals surface area contributed by atoms with Gasteiger partial charge in [-0.25, -0.2) is 4.98 Å². The lowest BCUT2D eigenvalue weighted by Gasteiger charge is -2.10. The number of benzene rings is 1. The number of anilines is 3. The first-order valence-corrected chi connectivity index (χ1v) is 6.76. The van der Waals surface area contributed by atoms with Crippen molar-refractivity contribution in [2.24, 2.45) is 0 Å². The van der Waals surface area contributed by atoms with Crippen LogP contribution < -0.4 is 11.1 Å². The van der Waals surface area contributed by atoms with Crippen molar-refractivity contribution in [2.45, 2.75) is 0 Å². The van der Waals surface area contributed by atoms with Crippen LogP contribution in [0.4, 0.5) is 23.0 Å². The zero-order valence-electron chi connectivity index (χ0n) is 9.73. The van der Waals surface area contributed by atoms with E-state index in [0.29, 0.717) is 15.2 Å². The van der Waals surface area contributed by atoms with Crippen LogP contribution in [0.2, 0.25) is 10.0 Å². The summed E-state index contributed by atoms with van der Waals surface area (Å²) in [5, 5.41) is 14.2. The Morgan fingerprint density at radius 1 is 1.25 bits per heavy atom. The fourth-order valence-electron chi connectivity index (χ4n) is 1.46. The third-order valence-electron chi connectivity index (χ3n) is 2.38. The van der Waals surface area contributed by atoms with E-state index in [-0.39, 0.29) is 22.3 Å². The van der Waals surface area contributed by atoms with Crippen molar-refractivity contribution in [1.82, 2.24) is 4.98 Å². The summed E-state index contributed by atoms with van der Waals surface area (Å²) in [6.45, 7) is 0. The van der Waals surface area contributed by atoms with Crippen LogP contribution in [-0.2, 0) is 0 Å². The minimum absolute atomic E-state index is 0.00436. The van der Waals surface area contributed by atoms with Crippen LogP contribution >= 0.6 is 39.1 Å². The van der Waals surface area contributed by atoms with E-state index in [2.05, 4.69) is 26.2 Å². The molecule has 2 aromatic rings. The SMILES string of the molecule is Nc1ccc([N+](=O)[O-])c(Nc2ccc(Br)c(Cl)c2Cl)n1. The van der Waals surface area contributed by atoms with Crippen LogP contribution in [0.25, 0.3) is 0 Å². The van der Waals surface area contributed by atoms with Gasteiger partial charge < -0.3 is 11.1 Å². The summed E-state index contributed by atoms with van der Waals surface area (Å²) in [5.41, 5.74) is 5.71. The molecule has 0 amide bonds. The number of nitrogens with one attached hydrogen (secondary N) is 1. The first-order chi connectivity index (χ1) is 9.40. The molecule has 104 valence electrons. The van der Waals surface area contributed by atoms with E-state index in [1.54, 1.807) is 12.1 Å². The van der Waals surface area contributed by atoms with E-state index in [1.807, 2.05) is 0 Å². The van der Waals surface area contributed by atoms with Crippen LogP contribution in [0, 0.1) is 10.1 Å². The lowest BCUT2D eigenvalue weighted by molar-refractivity contribution is -0.384. The molecule has 9 heteroatoms. The minimum atomic E-state index is -0.566. The molecular weight excluding hydrogens is 371 g/mol. The largest absolute Gasteiger partial charge is 0.384 e. The van der Waals surface area contributed by atoms with Crippen molar-refractivity contribution >= 4 is 62.1 Å². The number of nitrogen functional groups attached to an aromatic ring is 1. The molecule has 0 bridgehead atoms. The molecule has 1 aromatic carbocycles. The molecule has 0 aliphatic rings. The number of rotatable bonds is 3. The second-order valence-electron chi connectivity index (χ2n) is 3.71. The van der Waals surface area contributed by atoms with Gasteiger partial charge in [-0.3, -0.25) is 10.1 Å². The standard InChI is InChI=1S/C11H7BrCl2N4O2/c12-5-1-2-6(10(14)9(5)13)16-11-7(18(19)20)3-4-8(15)17-11/h1-4H,(H3,15,16,17). The van der Waals surface area contributed by atoms with Crippen molar-refractivity contribution in [3.63, 3.8) is 0 Å². The molecule has 0 radical (unpaired) electrons. The fraction of sp³-hybridized carbons (Fsp3) is 0. The maximum Gasteiger partial charge on any atom is 0.311 e. The number of nitro groups is 1. The molecule has 0 spiro atoms. The second-order valence-corrected chi connectivity index (χ2v) is 5.32. The summed E-state index contributed by atoms with van der Waals surface area (Å²) in [6, 6.07) is 5.89. The summed E-state index contributed by atoms with van der Waals surface area (Å²) >= 11 is 15.3. The van der Waals surface area contributed by atoms with Crippen molar-refractivity contribution < 1.29 is 4.92 Å². The van der Waals surface area contributed by atoms with Crippen LogP contribution in [0.15, 0.2) is 28.7 Å². The van der Waals surface area contributed by atoms with Crippen molar-refractivity contribution in [1.29, 1.82) is 0 Å². The molecule has 0 aliphatic carbocycles. The van der Waals surface area contributed by atoms with Crippen LogP contribution in [0.3, 0.4) is 0 Å². The molecule has 0 unspecified atom stereocenters. The maximum absolute atomic E-state index is 10.9. The normalized spacial score (nSPS) is 10.3. The lowest BCUT2D eigenvalue weighted by atomic mass is 10.3.